The summed E-state index contributed by atoms with van der Waals surface area (Å²) < 4.78 is 6.72. The molecule has 1 aromatic rings. The van der Waals surface area contributed by atoms with Crippen molar-refractivity contribution in [3.8, 4) is 0 Å². The number of aryl methyl sites for hydroxylation is 1. The number of nitrogens with zero attached hydrogens (tertiary/aromatic N) is 3. The molecule has 8 heteroatoms. The number of nitrogens with one attached hydrogen (secondary N) is 2. The summed E-state index contributed by atoms with van der Waals surface area (Å²) in [6, 6.07) is -0.0784. The molecule has 1 saturated carbocycles. The topological polar surface area (TPSA) is 88.5 Å². The second-order valence-corrected chi connectivity index (χ2v) is 6.97. The van der Waals surface area contributed by atoms with E-state index in [-0.39, 0.29) is 23.7 Å². The second-order valence-electron chi connectivity index (χ2n) is 6.97. The molecule has 1 saturated heterocycles. The van der Waals surface area contributed by atoms with E-state index in [1.807, 2.05) is 4.90 Å². The summed E-state index contributed by atoms with van der Waals surface area (Å²) in [4.78, 5) is 30.7. The van der Waals surface area contributed by atoms with E-state index in [1.54, 1.807) is 26.6 Å². The van der Waals surface area contributed by atoms with Gasteiger partial charge in [0.05, 0.1) is 12.6 Å². The summed E-state index contributed by atoms with van der Waals surface area (Å²) in [7, 11) is 3.37. The summed E-state index contributed by atoms with van der Waals surface area (Å²) >= 11 is 0. The number of anilines is 1. The lowest BCUT2D eigenvalue weighted by atomic mass is 10.1. The molecule has 2 aliphatic rings. The molecule has 2 N–H and O–H groups in total. The van der Waals surface area contributed by atoms with Crippen LogP contribution in [0, 0.1) is 5.92 Å². The Morgan fingerprint density at radius 1 is 1.44 bits per heavy atom. The summed E-state index contributed by atoms with van der Waals surface area (Å²) in [5.41, 5.74) is -0.110. The molecule has 0 spiro atoms. The molecule has 0 aromatic carbocycles. The SMILES string of the molecule is COC[C@@H](NC(=O)N[C@H]1CCCN(c2nccn(C)c2=O)C1)C1CC1. The third kappa shape index (κ3) is 4.50. The van der Waals surface area contributed by atoms with E-state index in [2.05, 4.69) is 15.6 Å². The van der Waals surface area contributed by atoms with Crippen molar-refractivity contribution in [2.45, 2.75) is 37.8 Å². The molecule has 2 fully saturated rings. The summed E-state index contributed by atoms with van der Waals surface area (Å²) in [5.74, 6) is 0.984. The fraction of sp³-hybridized carbons (Fsp3) is 0.706. The van der Waals surface area contributed by atoms with Crippen molar-refractivity contribution in [2.75, 3.05) is 31.7 Å². The standard InChI is InChI=1S/C17H27N5O3/c1-21-9-7-18-15(16(21)23)22-8-3-4-13(10-22)19-17(24)20-14(11-25-2)12-5-6-12/h7,9,12-14H,3-6,8,10-11H2,1-2H3,(H2,19,20,24)/t13-,14+/m0/s1. The number of hydrogen-bond acceptors (Lipinski definition) is 5. The molecule has 2 heterocycles. The van der Waals surface area contributed by atoms with E-state index in [9.17, 15) is 9.59 Å². The quantitative estimate of drug-likeness (QED) is 0.780. The summed E-state index contributed by atoms with van der Waals surface area (Å²) in [6.45, 7) is 1.91. The first-order chi connectivity index (χ1) is 12.1. The van der Waals surface area contributed by atoms with E-state index < -0.39 is 0 Å². The first-order valence-electron chi connectivity index (χ1n) is 8.91. The van der Waals surface area contributed by atoms with E-state index in [1.165, 1.54) is 4.57 Å². The van der Waals surface area contributed by atoms with Gasteiger partial charge in [-0.3, -0.25) is 4.79 Å². The zero-order chi connectivity index (χ0) is 17.8. The number of methoxy groups -OCH3 is 1. The van der Waals surface area contributed by atoms with Gasteiger partial charge in [-0.2, -0.15) is 0 Å². The van der Waals surface area contributed by atoms with Crippen molar-refractivity contribution in [2.24, 2.45) is 13.0 Å². The largest absolute Gasteiger partial charge is 0.383 e. The average molecular weight is 349 g/mol. The van der Waals surface area contributed by atoms with Crippen LogP contribution in [-0.4, -0.2) is 54.5 Å². The van der Waals surface area contributed by atoms with Gasteiger partial charge in [-0.05, 0) is 31.6 Å². The van der Waals surface area contributed by atoms with E-state index >= 15 is 0 Å². The van der Waals surface area contributed by atoms with Gasteiger partial charge in [0.1, 0.15) is 0 Å². The predicted molar refractivity (Wildman–Crippen MR) is 94.8 cm³/mol. The number of ether oxygens (including phenoxy) is 1. The van der Waals surface area contributed by atoms with E-state index in [0.717, 1.165) is 32.2 Å². The van der Waals surface area contributed by atoms with Crippen LogP contribution in [0.1, 0.15) is 25.7 Å². The smallest absolute Gasteiger partial charge is 0.315 e. The van der Waals surface area contributed by atoms with E-state index in [4.69, 9.17) is 4.74 Å². The van der Waals surface area contributed by atoms with Crippen LogP contribution in [0.5, 0.6) is 0 Å². The predicted octanol–water partition coefficient (Wildman–Crippen LogP) is 0.473. The fourth-order valence-electron chi connectivity index (χ4n) is 3.36. The highest BCUT2D eigenvalue weighted by atomic mass is 16.5. The van der Waals surface area contributed by atoms with Crippen LogP contribution in [-0.2, 0) is 11.8 Å². The Morgan fingerprint density at radius 3 is 2.96 bits per heavy atom. The molecule has 25 heavy (non-hydrogen) atoms. The Bertz CT molecular complexity index is 658. The van der Waals surface area contributed by atoms with Crippen molar-refractivity contribution >= 4 is 11.8 Å². The minimum Gasteiger partial charge on any atom is -0.383 e. The van der Waals surface area contributed by atoms with Crippen LogP contribution < -0.4 is 21.1 Å². The van der Waals surface area contributed by atoms with Gasteiger partial charge in [0.15, 0.2) is 5.82 Å². The van der Waals surface area contributed by atoms with Crippen LogP contribution in [0.4, 0.5) is 10.6 Å². The minimum absolute atomic E-state index is 0.00265. The first kappa shape index (κ1) is 17.7. The maximum atomic E-state index is 12.3. The summed E-state index contributed by atoms with van der Waals surface area (Å²) in [5, 5.41) is 6.07. The zero-order valence-electron chi connectivity index (χ0n) is 14.9. The molecule has 0 bridgehead atoms. The molecule has 1 aliphatic carbocycles. The van der Waals surface area contributed by atoms with Gasteiger partial charge in [0.2, 0.25) is 0 Å². The number of aromatic nitrogens is 2. The Hall–Kier alpha value is -2.09. The van der Waals surface area contributed by atoms with Crippen molar-refractivity contribution in [1.82, 2.24) is 20.2 Å². The minimum atomic E-state index is -0.158. The molecule has 3 rings (SSSR count). The molecule has 138 valence electrons. The van der Waals surface area contributed by atoms with E-state index in [0.29, 0.717) is 24.9 Å². The molecular weight excluding hydrogens is 322 g/mol. The van der Waals surface area contributed by atoms with Gasteiger partial charge in [-0.25, -0.2) is 9.78 Å². The molecular formula is C17H27N5O3. The number of carbonyl (C=O) groups excluding carboxylic acids is 1. The summed E-state index contributed by atoms with van der Waals surface area (Å²) in [6.07, 6.45) is 7.38. The van der Waals surface area contributed by atoms with Crippen LogP contribution in [0.25, 0.3) is 0 Å². The number of piperidine rings is 1. The van der Waals surface area contributed by atoms with Gasteiger partial charge in [-0.1, -0.05) is 0 Å². The monoisotopic (exact) mass is 349 g/mol. The van der Waals surface area contributed by atoms with Crippen molar-refractivity contribution in [3.63, 3.8) is 0 Å². The second kappa shape index (κ2) is 7.86. The van der Waals surface area contributed by atoms with Gasteiger partial charge in [-0.15, -0.1) is 0 Å². The van der Waals surface area contributed by atoms with Crippen LogP contribution in [0.3, 0.4) is 0 Å². The van der Waals surface area contributed by atoms with Gasteiger partial charge >= 0.3 is 6.03 Å². The van der Waals surface area contributed by atoms with Crippen molar-refractivity contribution in [1.29, 1.82) is 0 Å². The first-order valence-corrected chi connectivity index (χ1v) is 8.91. The maximum Gasteiger partial charge on any atom is 0.315 e. The highest BCUT2D eigenvalue weighted by molar-refractivity contribution is 5.74. The number of amides is 2. The third-order valence-electron chi connectivity index (χ3n) is 4.91. The lowest BCUT2D eigenvalue weighted by Gasteiger charge is -2.33. The molecule has 2 atom stereocenters. The number of hydrogen-bond donors (Lipinski definition) is 2. The Labute approximate surface area is 147 Å². The lowest BCUT2D eigenvalue weighted by molar-refractivity contribution is 0.156. The van der Waals surface area contributed by atoms with Crippen molar-refractivity contribution < 1.29 is 9.53 Å². The number of rotatable bonds is 6. The van der Waals surface area contributed by atoms with Crippen LogP contribution >= 0.6 is 0 Å². The molecule has 0 unspecified atom stereocenters. The fourth-order valence-corrected chi connectivity index (χ4v) is 3.36. The highest BCUT2D eigenvalue weighted by Crippen LogP contribution is 2.32. The van der Waals surface area contributed by atoms with Gasteiger partial charge in [0, 0.05) is 45.7 Å². The molecule has 8 nitrogen and oxygen atoms in total. The van der Waals surface area contributed by atoms with Gasteiger partial charge in [0.25, 0.3) is 5.56 Å². The zero-order valence-corrected chi connectivity index (χ0v) is 14.9. The number of carbonyl (C=O) groups is 1. The molecule has 0 radical (unpaired) electrons. The third-order valence-corrected chi connectivity index (χ3v) is 4.91. The number of urea groups is 1. The Balaban J connectivity index is 1.57. The average Bonchev–Trinajstić information content (AvgIpc) is 3.42. The highest BCUT2D eigenvalue weighted by Gasteiger charge is 2.33. The van der Waals surface area contributed by atoms with Gasteiger partial charge < -0.3 is 24.8 Å². The molecule has 2 amide bonds. The maximum absolute atomic E-state index is 12.3. The Kier molecular flexibility index (Phi) is 5.57. The lowest BCUT2D eigenvalue weighted by Crippen LogP contribution is -2.54. The Morgan fingerprint density at radius 2 is 2.24 bits per heavy atom. The molecule has 1 aromatic heterocycles. The normalized spacial score (nSPS) is 21.7. The van der Waals surface area contributed by atoms with Crippen LogP contribution in [0.15, 0.2) is 17.2 Å². The van der Waals surface area contributed by atoms with Crippen molar-refractivity contribution in [3.05, 3.63) is 22.7 Å². The van der Waals surface area contributed by atoms with Crippen LogP contribution in [0.2, 0.25) is 0 Å². The molecule has 1 aliphatic heterocycles.